The van der Waals surface area contributed by atoms with Crippen molar-refractivity contribution in [2.45, 2.75) is 50.7 Å². The summed E-state index contributed by atoms with van der Waals surface area (Å²) in [6.45, 7) is 1.68. The third-order valence-corrected chi connectivity index (χ3v) is 4.35. The summed E-state index contributed by atoms with van der Waals surface area (Å²) < 4.78 is 11.1. The van der Waals surface area contributed by atoms with Crippen LogP contribution in [0.5, 0.6) is 0 Å². The van der Waals surface area contributed by atoms with Gasteiger partial charge in [-0.25, -0.2) is 0 Å². The van der Waals surface area contributed by atoms with Gasteiger partial charge in [-0.15, -0.1) is 0 Å². The molecule has 0 amide bonds. The summed E-state index contributed by atoms with van der Waals surface area (Å²) in [5, 5.41) is 0. The van der Waals surface area contributed by atoms with Crippen molar-refractivity contribution in [3.8, 4) is 0 Å². The minimum absolute atomic E-state index is 0.224. The maximum Gasteiger partial charge on any atom is 0.138 e. The molecule has 0 spiro atoms. The van der Waals surface area contributed by atoms with Gasteiger partial charge in [0, 0.05) is 25.6 Å². The van der Waals surface area contributed by atoms with Crippen LogP contribution in [-0.4, -0.2) is 31.2 Å². The van der Waals surface area contributed by atoms with Crippen molar-refractivity contribution in [2.24, 2.45) is 11.8 Å². The average Bonchev–Trinajstić information content (AvgIpc) is 2.92. The number of Topliss-reactive ketones (excluding diaryl/α,β-unsaturated/α-hetero) is 1. The Kier molecular flexibility index (Phi) is 2.99. The number of hydrogen-bond acceptors (Lipinski definition) is 3. The Morgan fingerprint density at radius 1 is 1.12 bits per heavy atom. The minimum atomic E-state index is 0.224. The number of ketones is 1. The van der Waals surface area contributed by atoms with Gasteiger partial charge >= 0.3 is 0 Å². The van der Waals surface area contributed by atoms with Crippen molar-refractivity contribution < 1.29 is 14.3 Å². The molecule has 16 heavy (non-hydrogen) atoms. The molecule has 3 heteroatoms. The van der Waals surface area contributed by atoms with Gasteiger partial charge in [0.15, 0.2) is 0 Å². The second kappa shape index (κ2) is 4.46. The molecule has 0 saturated carbocycles. The minimum Gasteiger partial charge on any atom is -0.381 e. The van der Waals surface area contributed by atoms with Crippen molar-refractivity contribution in [3.05, 3.63) is 0 Å². The van der Waals surface area contributed by atoms with Gasteiger partial charge in [0.05, 0.1) is 12.2 Å². The Labute approximate surface area is 96.5 Å². The van der Waals surface area contributed by atoms with Crippen LogP contribution in [0, 0.1) is 11.8 Å². The lowest BCUT2D eigenvalue weighted by atomic mass is 9.82. The zero-order valence-electron chi connectivity index (χ0n) is 9.69. The third-order valence-electron chi connectivity index (χ3n) is 4.35. The quantitative estimate of drug-likeness (QED) is 0.735. The number of hydrogen-bond donors (Lipinski definition) is 0. The normalized spacial score (nSPS) is 39.1. The molecule has 3 saturated heterocycles. The highest BCUT2D eigenvalue weighted by Crippen LogP contribution is 2.40. The zero-order chi connectivity index (χ0) is 11.0. The Bertz CT molecular complexity index is 270. The predicted octanol–water partition coefficient (Wildman–Crippen LogP) is 1.94. The van der Waals surface area contributed by atoms with E-state index in [4.69, 9.17) is 9.47 Å². The van der Waals surface area contributed by atoms with Gasteiger partial charge in [-0.2, -0.15) is 0 Å². The molecule has 0 radical (unpaired) electrons. The Hall–Kier alpha value is -0.410. The molecule has 3 atom stereocenters. The predicted molar refractivity (Wildman–Crippen MR) is 59.2 cm³/mol. The summed E-state index contributed by atoms with van der Waals surface area (Å²) in [6.07, 6.45) is 6.82. The molecule has 0 aliphatic carbocycles. The molecule has 90 valence electrons. The summed E-state index contributed by atoms with van der Waals surface area (Å²) in [7, 11) is 0. The molecule has 3 nitrogen and oxygen atoms in total. The molecule has 3 aliphatic heterocycles. The maximum absolute atomic E-state index is 12.2. The molecule has 3 fully saturated rings. The SMILES string of the molecule is O=C(CC1CCOCC1)C1CC2CCC1O2. The van der Waals surface area contributed by atoms with Crippen molar-refractivity contribution in [1.82, 2.24) is 0 Å². The topological polar surface area (TPSA) is 35.5 Å². The van der Waals surface area contributed by atoms with Gasteiger partial charge < -0.3 is 9.47 Å². The monoisotopic (exact) mass is 224 g/mol. The van der Waals surface area contributed by atoms with Crippen LogP contribution in [0.4, 0.5) is 0 Å². The molecule has 0 N–H and O–H groups in total. The number of ether oxygens (including phenoxy) is 2. The lowest BCUT2D eigenvalue weighted by Gasteiger charge is -2.24. The fourth-order valence-electron chi connectivity index (χ4n) is 3.36. The Morgan fingerprint density at radius 3 is 2.56 bits per heavy atom. The van der Waals surface area contributed by atoms with E-state index in [1.807, 2.05) is 0 Å². The molecule has 0 aromatic heterocycles. The second-order valence-electron chi connectivity index (χ2n) is 5.44. The van der Waals surface area contributed by atoms with Crippen LogP contribution < -0.4 is 0 Å². The van der Waals surface area contributed by atoms with E-state index in [0.717, 1.165) is 45.3 Å². The maximum atomic E-state index is 12.2. The molecule has 3 rings (SSSR count). The van der Waals surface area contributed by atoms with Crippen LogP contribution >= 0.6 is 0 Å². The first kappa shape index (κ1) is 10.7. The second-order valence-corrected chi connectivity index (χ2v) is 5.44. The van der Waals surface area contributed by atoms with Crippen LogP contribution in [0.15, 0.2) is 0 Å². The van der Waals surface area contributed by atoms with E-state index in [9.17, 15) is 4.79 Å². The number of rotatable bonds is 3. The van der Waals surface area contributed by atoms with E-state index in [0.29, 0.717) is 17.8 Å². The van der Waals surface area contributed by atoms with E-state index in [1.165, 1.54) is 6.42 Å². The van der Waals surface area contributed by atoms with Crippen molar-refractivity contribution in [1.29, 1.82) is 0 Å². The molecular weight excluding hydrogens is 204 g/mol. The van der Waals surface area contributed by atoms with E-state index in [2.05, 4.69) is 0 Å². The van der Waals surface area contributed by atoms with Gasteiger partial charge in [-0.05, 0) is 38.0 Å². The van der Waals surface area contributed by atoms with E-state index < -0.39 is 0 Å². The van der Waals surface area contributed by atoms with Crippen LogP contribution in [0.1, 0.15) is 38.5 Å². The fourth-order valence-corrected chi connectivity index (χ4v) is 3.36. The van der Waals surface area contributed by atoms with Crippen LogP contribution in [0.2, 0.25) is 0 Å². The molecule has 3 unspecified atom stereocenters. The van der Waals surface area contributed by atoms with Crippen LogP contribution in [0.25, 0.3) is 0 Å². The van der Waals surface area contributed by atoms with E-state index >= 15 is 0 Å². The number of fused-ring (bicyclic) bond motifs is 2. The van der Waals surface area contributed by atoms with Crippen molar-refractivity contribution in [2.75, 3.05) is 13.2 Å². The summed E-state index contributed by atoms with van der Waals surface area (Å²) in [4.78, 5) is 12.2. The third kappa shape index (κ3) is 2.03. The van der Waals surface area contributed by atoms with Crippen molar-refractivity contribution >= 4 is 5.78 Å². The summed E-state index contributed by atoms with van der Waals surface area (Å²) in [5.74, 6) is 1.25. The highest BCUT2D eigenvalue weighted by Gasteiger charge is 2.44. The van der Waals surface area contributed by atoms with Crippen LogP contribution in [-0.2, 0) is 14.3 Å². The lowest BCUT2D eigenvalue weighted by molar-refractivity contribution is -0.126. The molecule has 3 heterocycles. The van der Waals surface area contributed by atoms with Gasteiger partial charge in [-0.3, -0.25) is 4.79 Å². The molecule has 0 aromatic rings. The molecule has 0 aromatic carbocycles. The first-order valence-corrected chi connectivity index (χ1v) is 6.59. The molecule has 2 bridgehead atoms. The van der Waals surface area contributed by atoms with E-state index in [-0.39, 0.29) is 12.0 Å². The molecular formula is C13H20O3. The highest BCUT2D eigenvalue weighted by atomic mass is 16.5. The summed E-state index contributed by atoms with van der Waals surface area (Å²) in [6, 6.07) is 0. The average molecular weight is 224 g/mol. The van der Waals surface area contributed by atoms with Gasteiger partial charge in [0.1, 0.15) is 5.78 Å². The first-order chi connectivity index (χ1) is 7.83. The standard InChI is InChI=1S/C13H20O3/c14-12(7-9-3-5-15-6-4-9)11-8-10-1-2-13(11)16-10/h9-11,13H,1-8H2. The fraction of sp³-hybridized carbons (Fsp3) is 0.923. The largest absolute Gasteiger partial charge is 0.381 e. The first-order valence-electron chi connectivity index (χ1n) is 6.59. The zero-order valence-corrected chi connectivity index (χ0v) is 9.69. The van der Waals surface area contributed by atoms with Gasteiger partial charge in [-0.1, -0.05) is 0 Å². The lowest BCUT2D eigenvalue weighted by Crippen LogP contribution is -2.28. The summed E-state index contributed by atoms with van der Waals surface area (Å²) in [5.41, 5.74) is 0. The summed E-state index contributed by atoms with van der Waals surface area (Å²) >= 11 is 0. The Balaban J connectivity index is 1.53. The number of carbonyl (C=O) groups is 1. The van der Waals surface area contributed by atoms with Gasteiger partial charge in [0.25, 0.3) is 0 Å². The number of carbonyl (C=O) groups excluding carboxylic acids is 1. The van der Waals surface area contributed by atoms with Crippen LogP contribution in [0.3, 0.4) is 0 Å². The van der Waals surface area contributed by atoms with Crippen molar-refractivity contribution in [3.63, 3.8) is 0 Å². The van der Waals surface area contributed by atoms with E-state index in [1.54, 1.807) is 0 Å². The van der Waals surface area contributed by atoms with Gasteiger partial charge in [0.2, 0.25) is 0 Å². The highest BCUT2D eigenvalue weighted by molar-refractivity contribution is 5.82. The Morgan fingerprint density at radius 2 is 1.94 bits per heavy atom. The molecule has 3 aliphatic rings. The smallest absolute Gasteiger partial charge is 0.138 e.